The molecule has 0 radical (unpaired) electrons. The standard InChI is InChI=1S/C4F10N2O/c5-1(6,7)15(2(8,9)10)4(14)16(17-4)3(11,12)13. The summed E-state index contributed by atoms with van der Waals surface area (Å²) in [4.78, 5) is -0.232. The molecule has 1 aliphatic rings. The fraction of sp³-hybridized carbons (Fsp3) is 1.00. The van der Waals surface area contributed by atoms with Gasteiger partial charge in [-0.1, -0.05) is 0 Å². The SMILES string of the molecule is FC(F)(F)N1OC1(F)N(C(F)(F)F)C(F)(F)F. The van der Waals surface area contributed by atoms with Crippen molar-refractivity contribution in [3.8, 4) is 0 Å². The van der Waals surface area contributed by atoms with Crippen LogP contribution in [-0.2, 0) is 4.84 Å². The van der Waals surface area contributed by atoms with Gasteiger partial charge >= 0.3 is 25.0 Å². The first kappa shape index (κ1) is 14.2. The van der Waals surface area contributed by atoms with E-state index in [1.807, 2.05) is 0 Å². The third-order valence-electron chi connectivity index (χ3n) is 1.44. The predicted molar refractivity (Wildman–Crippen MR) is 26.8 cm³/mol. The van der Waals surface area contributed by atoms with E-state index in [2.05, 4.69) is 4.84 Å². The van der Waals surface area contributed by atoms with Crippen LogP contribution < -0.4 is 0 Å². The normalized spacial score (nSPS) is 30.9. The number of hydroxylamine groups is 2. The van der Waals surface area contributed by atoms with Crippen molar-refractivity contribution >= 4 is 0 Å². The smallest absolute Gasteiger partial charge is 0.213 e. The number of alkyl halides is 10. The topological polar surface area (TPSA) is 18.8 Å². The Bertz CT molecular complexity index is 291. The van der Waals surface area contributed by atoms with E-state index < -0.39 is 35.0 Å². The van der Waals surface area contributed by atoms with E-state index in [1.165, 1.54) is 0 Å². The van der Waals surface area contributed by atoms with Crippen molar-refractivity contribution in [3.05, 3.63) is 0 Å². The van der Waals surface area contributed by atoms with E-state index in [9.17, 15) is 43.9 Å². The third kappa shape index (κ3) is 2.55. The summed E-state index contributed by atoms with van der Waals surface area (Å²) in [6, 6.07) is 0. The highest BCUT2D eigenvalue weighted by Gasteiger charge is 2.82. The molecule has 1 aliphatic heterocycles. The van der Waals surface area contributed by atoms with Crippen LogP contribution >= 0.6 is 0 Å². The Morgan fingerprint density at radius 3 is 1.35 bits per heavy atom. The molecule has 0 spiro atoms. The Hall–Kier alpha value is -0.820. The van der Waals surface area contributed by atoms with Gasteiger partial charge in [-0.15, -0.1) is 0 Å². The lowest BCUT2D eigenvalue weighted by atomic mass is 10.7. The molecule has 2 unspecified atom stereocenters. The van der Waals surface area contributed by atoms with Gasteiger partial charge in [-0.2, -0.15) is 43.9 Å². The number of hydrogen-bond donors (Lipinski definition) is 0. The van der Waals surface area contributed by atoms with Crippen LogP contribution in [0.5, 0.6) is 0 Å². The molecule has 1 saturated heterocycles. The molecule has 0 bridgehead atoms. The molecule has 13 heteroatoms. The lowest BCUT2D eigenvalue weighted by Gasteiger charge is -2.26. The van der Waals surface area contributed by atoms with Crippen LogP contribution in [-0.4, -0.2) is 35.0 Å². The van der Waals surface area contributed by atoms with Crippen molar-refractivity contribution < 1.29 is 48.7 Å². The largest absolute Gasteiger partial charge is 0.489 e. The summed E-state index contributed by atoms with van der Waals surface area (Å²) in [7, 11) is 0. The first-order chi connectivity index (χ1) is 7.21. The second kappa shape index (κ2) is 3.35. The van der Waals surface area contributed by atoms with Gasteiger partial charge in [0.15, 0.2) is 0 Å². The quantitative estimate of drug-likeness (QED) is 0.418. The molecule has 1 fully saturated rings. The van der Waals surface area contributed by atoms with Gasteiger partial charge in [-0.05, 0) is 9.96 Å². The molecule has 0 aromatic carbocycles. The Kier molecular flexibility index (Phi) is 2.81. The average Bonchev–Trinajstić information content (AvgIpc) is 2.52. The molecule has 0 aromatic rings. The zero-order valence-corrected chi connectivity index (χ0v) is 7.08. The molecule has 0 aliphatic carbocycles. The molecule has 102 valence electrons. The van der Waals surface area contributed by atoms with E-state index in [0.717, 1.165) is 0 Å². The number of halogens is 10. The van der Waals surface area contributed by atoms with Gasteiger partial charge in [0.2, 0.25) is 0 Å². The maximum atomic E-state index is 12.8. The molecule has 0 amide bonds. The van der Waals surface area contributed by atoms with Crippen LogP contribution in [0, 0.1) is 0 Å². The lowest BCUT2D eigenvalue weighted by molar-refractivity contribution is -0.421. The van der Waals surface area contributed by atoms with Crippen molar-refractivity contribution in [2.24, 2.45) is 0 Å². The zero-order valence-electron chi connectivity index (χ0n) is 7.08. The van der Waals surface area contributed by atoms with E-state index >= 15 is 0 Å². The van der Waals surface area contributed by atoms with Crippen molar-refractivity contribution in [1.29, 1.82) is 0 Å². The van der Waals surface area contributed by atoms with Crippen LogP contribution in [0.4, 0.5) is 43.9 Å². The molecule has 0 saturated carbocycles. The predicted octanol–water partition coefficient (Wildman–Crippen LogP) is 2.68. The van der Waals surface area contributed by atoms with Gasteiger partial charge in [0.05, 0.1) is 0 Å². The summed E-state index contributed by atoms with van der Waals surface area (Å²) < 4.78 is 119. The van der Waals surface area contributed by atoms with Crippen molar-refractivity contribution in [2.75, 3.05) is 0 Å². The summed E-state index contributed by atoms with van der Waals surface area (Å²) in [5.74, 6) is 0. The maximum Gasteiger partial charge on any atom is 0.489 e. The van der Waals surface area contributed by atoms with Gasteiger partial charge < -0.3 is 0 Å². The molecule has 2 atom stereocenters. The van der Waals surface area contributed by atoms with Crippen molar-refractivity contribution in [1.82, 2.24) is 9.96 Å². The van der Waals surface area contributed by atoms with Crippen LogP contribution in [0.2, 0.25) is 0 Å². The molecule has 0 aromatic heterocycles. The summed E-state index contributed by atoms with van der Waals surface area (Å²) >= 11 is 0. The molecule has 17 heavy (non-hydrogen) atoms. The van der Waals surface area contributed by atoms with E-state index in [1.54, 1.807) is 0 Å². The minimum atomic E-state index is -6.44. The van der Waals surface area contributed by atoms with E-state index in [4.69, 9.17) is 0 Å². The Labute approximate surface area is 85.1 Å². The second-order valence-electron chi connectivity index (χ2n) is 2.65. The Balaban J connectivity index is 3.05. The summed E-state index contributed by atoms with van der Waals surface area (Å²) in [5.41, 5.74) is 0. The molecule has 1 rings (SSSR count). The highest BCUT2D eigenvalue weighted by atomic mass is 19.4. The molecular formula is C4F10N2O. The number of nitrogens with zero attached hydrogens (tertiary/aromatic N) is 2. The highest BCUT2D eigenvalue weighted by molar-refractivity contribution is 4.82. The molecule has 0 N–H and O–H groups in total. The summed E-state index contributed by atoms with van der Waals surface area (Å²) in [6.45, 7) is 0. The number of rotatable bonds is 1. The summed E-state index contributed by atoms with van der Waals surface area (Å²) in [5, 5.41) is -2.01. The van der Waals surface area contributed by atoms with Gasteiger partial charge in [-0.25, -0.2) is 4.84 Å². The Morgan fingerprint density at radius 2 is 1.18 bits per heavy atom. The average molecular weight is 282 g/mol. The minimum absolute atomic E-state index is 2.01. The molecule has 1 heterocycles. The fourth-order valence-electron chi connectivity index (χ4n) is 0.892. The van der Waals surface area contributed by atoms with Crippen molar-refractivity contribution in [3.63, 3.8) is 0 Å². The van der Waals surface area contributed by atoms with Gasteiger partial charge in [0, 0.05) is 0 Å². The fourth-order valence-corrected chi connectivity index (χ4v) is 0.892. The second-order valence-corrected chi connectivity index (χ2v) is 2.65. The lowest BCUT2D eigenvalue weighted by Crippen LogP contribution is -2.56. The van der Waals surface area contributed by atoms with Gasteiger partial charge in [0.25, 0.3) is 0 Å². The van der Waals surface area contributed by atoms with Gasteiger partial charge in [-0.3, -0.25) is 0 Å². The molecular weight excluding hydrogens is 282 g/mol. The van der Waals surface area contributed by atoms with Crippen LogP contribution in [0.15, 0.2) is 0 Å². The summed E-state index contributed by atoms with van der Waals surface area (Å²) in [6.07, 6.45) is -23.9. The highest BCUT2D eigenvalue weighted by Crippen LogP contribution is 2.54. The third-order valence-corrected chi connectivity index (χ3v) is 1.44. The van der Waals surface area contributed by atoms with Crippen molar-refractivity contribution in [2.45, 2.75) is 25.0 Å². The Morgan fingerprint density at radius 1 is 0.824 bits per heavy atom. The van der Waals surface area contributed by atoms with Gasteiger partial charge in [0.1, 0.15) is 0 Å². The molecule has 3 nitrogen and oxygen atoms in total. The van der Waals surface area contributed by atoms with E-state index in [0.29, 0.717) is 0 Å². The first-order valence-electron chi connectivity index (χ1n) is 3.39. The van der Waals surface area contributed by atoms with Crippen LogP contribution in [0.25, 0.3) is 0 Å². The zero-order chi connectivity index (χ0) is 13.9. The number of hydrogen-bond acceptors (Lipinski definition) is 3. The van der Waals surface area contributed by atoms with Crippen LogP contribution in [0.3, 0.4) is 0 Å². The first-order valence-corrected chi connectivity index (χ1v) is 3.39. The van der Waals surface area contributed by atoms with E-state index in [-0.39, 0.29) is 0 Å². The monoisotopic (exact) mass is 282 g/mol. The maximum absolute atomic E-state index is 12.8. The minimum Gasteiger partial charge on any atom is -0.213 e. The van der Waals surface area contributed by atoms with Crippen LogP contribution in [0.1, 0.15) is 0 Å².